The first-order valence-corrected chi connectivity index (χ1v) is 6.62. The molecule has 0 aliphatic rings. The molecule has 1 atom stereocenters. The van der Waals surface area contributed by atoms with Crippen molar-refractivity contribution in [2.24, 2.45) is 5.84 Å². The van der Waals surface area contributed by atoms with Crippen LogP contribution < -0.4 is 11.3 Å². The zero-order valence-corrected chi connectivity index (χ0v) is 11.8. The van der Waals surface area contributed by atoms with E-state index in [0.29, 0.717) is 16.5 Å². The van der Waals surface area contributed by atoms with E-state index < -0.39 is 17.7 Å². The first-order valence-electron chi connectivity index (χ1n) is 5.86. The largest absolute Gasteiger partial charge is 0.271 e. The molecule has 1 unspecified atom stereocenters. The van der Waals surface area contributed by atoms with Gasteiger partial charge in [-0.1, -0.05) is 29.3 Å². The van der Waals surface area contributed by atoms with Gasteiger partial charge in [0.2, 0.25) is 0 Å². The third-order valence-electron chi connectivity index (χ3n) is 2.97. The van der Waals surface area contributed by atoms with Gasteiger partial charge in [-0.25, -0.2) is 8.78 Å². The van der Waals surface area contributed by atoms with Crippen LogP contribution in [-0.4, -0.2) is 0 Å². The number of halogens is 4. The van der Waals surface area contributed by atoms with E-state index in [2.05, 4.69) is 5.43 Å². The van der Waals surface area contributed by atoms with Gasteiger partial charge in [-0.2, -0.15) is 0 Å². The second-order valence-electron chi connectivity index (χ2n) is 4.32. The fraction of sp³-hybridized carbons (Fsp3) is 0.143. The summed E-state index contributed by atoms with van der Waals surface area (Å²) in [6, 6.07) is 7.65. The third kappa shape index (κ3) is 3.46. The van der Waals surface area contributed by atoms with Crippen molar-refractivity contribution in [3.05, 3.63) is 69.2 Å². The van der Waals surface area contributed by atoms with Crippen molar-refractivity contribution in [1.82, 2.24) is 5.43 Å². The smallest absolute Gasteiger partial charge is 0.128 e. The number of nitrogens with one attached hydrogen (secondary N) is 1. The molecule has 0 bridgehead atoms. The molecule has 0 radical (unpaired) electrons. The van der Waals surface area contributed by atoms with Gasteiger partial charge < -0.3 is 0 Å². The molecule has 2 aromatic rings. The predicted octanol–water partition coefficient (Wildman–Crippen LogP) is 4.02. The molecule has 0 aromatic heterocycles. The van der Waals surface area contributed by atoms with Crippen LogP contribution in [0.15, 0.2) is 36.4 Å². The molecular weight excluding hydrogens is 305 g/mol. The van der Waals surface area contributed by atoms with E-state index in [4.69, 9.17) is 29.0 Å². The molecular formula is C14H12Cl2F2N2. The van der Waals surface area contributed by atoms with Gasteiger partial charge in [-0.3, -0.25) is 11.3 Å². The summed E-state index contributed by atoms with van der Waals surface area (Å²) in [6.07, 6.45) is 0.312. The van der Waals surface area contributed by atoms with Gasteiger partial charge in [0, 0.05) is 15.6 Å². The molecule has 106 valence electrons. The number of hydrogen-bond donors (Lipinski definition) is 2. The molecule has 0 spiro atoms. The van der Waals surface area contributed by atoms with Gasteiger partial charge in [0.15, 0.2) is 0 Å². The van der Waals surface area contributed by atoms with E-state index in [1.54, 1.807) is 18.2 Å². The van der Waals surface area contributed by atoms with Crippen LogP contribution >= 0.6 is 23.2 Å². The van der Waals surface area contributed by atoms with Crippen molar-refractivity contribution < 1.29 is 8.78 Å². The highest BCUT2D eigenvalue weighted by atomic mass is 35.5. The van der Waals surface area contributed by atoms with Crippen LogP contribution in [0.2, 0.25) is 10.0 Å². The highest BCUT2D eigenvalue weighted by Gasteiger charge is 2.17. The molecule has 20 heavy (non-hydrogen) atoms. The Morgan fingerprint density at radius 3 is 2.50 bits per heavy atom. The summed E-state index contributed by atoms with van der Waals surface area (Å²) in [5.74, 6) is 4.39. The van der Waals surface area contributed by atoms with Crippen molar-refractivity contribution in [3.63, 3.8) is 0 Å². The van der Waals surface area contributed by atoms with Crippen molar-refractivity contribution in [2.75, 3.05) is 0 Å². The van der Waals surface area contributed by atoms with E-state index in [1.165, 1.54) is 0 Å². The average molecular weight is 317 g/mol. The molecule has 6 heteroatoms. The predicted molar refractivity (Wildman–Crippen MR) is 76.6 cm³/mol. The fourth-order valence-corrected chi connectivity index (χ4v) is 2.43. The van der Waals surface area contributed by atoms with Gasteiger partial charge in [0.1, 0.15) is 11.6 Å². The Kier molecular flexibility index (Phi) is 4.94. The maximum atomic E-state index is 13.8. The van der Waals surface area contributed by atoms with Gasteiger partial charge >= 0.3 is 0 Å². The van der Waals surface area contributed by atoms with Crippen molar-refractivity contribution in [1.29, 1.82) is 0 Å². The van der Waals surface area contributed by atoms with Crippen LogP contribution in [0.1, 0.15) is 17.2 Å². The highest BCUT2D eigenvalue weighted by Crippen LogP contribution is 2.27. The zero-order valence-electron chi connectivity index (χ0n) is 10.3. The van der Waals surface area contributed by atoms with Gasteiger partial charge in [-0.05, 0) is 42.3 Å². The average Bonchev–Trinajstić information content (AvgIpc) is 2.41. The topological polar surface area (TPSA) is 38.0 Å². The Bertz CT molecular complexity index is 620. The maximum Gasteiger partial charge on any atom is 0.128 e. The molecule has 2 rings (SSSR count). The lowest BCUT2D eigenvalue weighted by Crippen LogP contribution is -2.30. The van der Waals surface area contributed by atoms with E-state index in [9.17, 15) is 8.78 Å². The van der Waals surface area contributed by atoms with Crippen molar-refractivity contribution >= 4 is 23.2 Å². The molecule has 0 fully saturated rings. The Morgan fingerprint density at radius 2 is 1.85 bits per heavy atom. The van der Waals surface area contributed by atoms with Crippen LogP contribution in [0.25, 0.3) is 0 Å². The normalized spacial score (nSPS) is 12.4. The van der Waals surface area contributed by atoms with E-state index in [1.807, 2.05) is 0 Å². The SMILES string of the molecule is NNC(Cc1ccc(Cl)cc1Cl)c1cc(F)ccc1F. The number of benzene rings is 2. The quantitative estimate of drug-likeness (QED) is 0.660. The van der Waals surface area contributed by atoms with Gasteiger partial charge in [-0.15, -0.1) is 0 Å². The molecule has 3 N–H and O–H groups in total. The molecule has 2 aromatic carbocycles. The van der Waals surface area contributed by atoms with Crippen molar-refractivity contribution in [2.45, 2.75) is 12.5 Å². The summed E-state index contributed by atoms with van der Waals surface area (Å²) in [5, 5.41) is 0.961. The zero-order chi connectivity index (χ0) is 14.7. The van der Waals surface area contributed by atoms with Crippen molar-refractivity contribution in [3.8, 4) is 0 Å². The minimum absolute atomic E-state index is 0.151. The first kappa shape index (κ1) is 15.2. The Hall–Kier alpha value is -1.20. The lowest BCUT2D eigenvalue weighted by atomic mass is 9.99. The summed E-state index contributed by atoms with van der Waals surface area (Å²) in [4.78, 5) is 0. The molecule has 0 saturated heterocycles. The van der Waals surface area contributed by atoms with Crippen LogP contribution in [0.3, 0.4) is 0 Å². The lowest BCUT2D eigenvalue weighted by molar-refractivity contribution is 0.502. The first-order chi connectivity index (χ1) is 9.51. The fourth-order valence-electron chi connectivity index (χ4n) is 1.95. The second kappa shape index (κ2) is 6.50. The van der Waals surface area contributed by atoms with Crippen LogP contribution in [-0.2, 0) is 6.42 Å². The summed E-state index contributed by atoms with van der Waals surface area (Å²) in [7, 11) is 0. The van der Waals surface area contributed by atoms with Gasteiger partial charge in [0.05, 0.1) is 6.04 Å². The van der Waals surface area contributed by atoms with Gasteiger partial charge in [0.25, 0.3) is 0 Å². The minimum Gasteiger partial charge on any atom is -0.271 e. The summed E-state index contributed by atoms with van der Waals surface area (Å²) in [6.45, 7) is 0. The van der Waals surface area contributed by atoms with E-state index in [-0.39, 0.29) is 5.56 Å². The van der Waals surface area contributed by atoms with Crippen LogP contribution in [0.5, 0.6) is 0 Å². The Morgan fingerprint density at radius 1 is 1.10 bits per heavy atom. The Labute approximate surface area is 125 Å². The standard InChI is InChI=1S/C14H12Cl2F2N2/c15-9-2-1-8(12(16)6-9)5-14(20-19)11-7-10(17)3-4-13(11)18/h1-4,6-7,14,20H,5,19H2. The Balaban J connectivity index is 2.31. The molecule has 0 aliphatic heterocycles. The lowest BCUT2D eigenvalue weighted by Gasteiger charge is -2.18. The second-order valence-corrected chi connectivity index (χ2v) is 5.17. The monoisotopic (exact) mass is 316 g/mol. The highest BCUT2D eigenvalue weighted by molar-refractivity contribution is 6.35. The summed E-state index contributed by atoms with van der Waals surface area (Å²) >= 11 is 11.9. The summed E-state index contributed by atoms with van der Waals surface area (Å²) in [5.41, 5.74) is 3.37. The molecule has 0 amide bonds. The number of nitrogens with two attached hydrogens (primary N) is 1. The molecule has 0 aliphatic carbocycles. The van der Waals surface area contributed by atoms with Crippen LogP contribution in [0.4, 0.5) is 8.78 Å². The third-order valence-corrected chi connectivity index (χ3v) is 3.56. The maximum absolute atomic E-state index is 13.8. The molecule has 0 saturated carbocycles. The molecule has 0 heterocycles. The van der Waals surface area contributed by atoms with E-state index in [0.717, 1.165) is 23.8 Å². The number of rotatable bonds is 4. The van der Waals surface area contributed by atoms with Crippen LogP contribution in [0, 0.1) is 11.6 Å². The minimum atomic E-state index is -0.593. The molecule has 2 nitrogen and oxygen atoms in total. The summed E-state index contributed by atoms with van der Waals surface area (Å²) < 4.78 is 27.0. The number of hydrazine groups is 1. The number of hydrogen-bond acceptors (Lipinski definition) is 2. The van der Waals surface area contributed by atoms with E-state index >= 15 is 0 Å².